The van der Waals surface area contributed by atoms with Gasteiger partial charge in [-0.15, -0.1) is 0 Å². The number of anilines is 1. The number of nitrogens with one attached hydrogen (secondary N) is 1. The Labute approximate surface area is 121 Å². The molecule has 0 aliphatic carbocycles. The number of halogens is 2. The van der Waals surface area contributed by atoms with Gasteiger partial charge in [0.05, 0.1) is 13.2 Å². The zero-order valence-corrected chi connectivity index (χ0v) is 11.6. The number of rotatable bonds is 4. The van der Waals surface area contributed by atoms with Gasteiger partial charge in [0.2, 0.25) is 0 Å². The third-order valence-electron chi connectivity index (χ3n) is 3.03. The summed E-state index contributed by atoms with van der Waals surface area (Å²) in [6.45, 7) is 0. The van der Waals surface area contributed by atoms with E-state index in [-0.39, 0.29) is 0 Å². The van der Waals surface area contributed by atoms with Gasteiger partial charge in [-0.2, -0.15) is 0 Å². The number of nitrogen functional groups attached to an aromatic ring is 1. The largest absolute Gasteiger partial charge is 0.496 e. The number of hydrazine groups is 1. The van der Waals surface area contributed by atoms with E-state index in [0.717, 1.165) is 0 Å². The van der Waals surface area contributed by atoms with E-state index in [2.05, 4.69) is 5.43 Å². The van der Waals surface area contributed by atoms with Crippen LogP contribution in [-0.4, -0.2) is 7.11 Å². The lowest BCUT2D eigenvalue weighted by atomic mass is 9.97. The minimum absolute atomic E-state index is 0.393. The lowest BCUT2D eigenvalue weighted by Crippen LogP contribution is -2.30. The second-order valence-corrected chi connectivity index (χ2v) is 4.70. The number of methoxy groups -OCH3 is 1. The first kappa shape index (κ1) is 14.6. The molecule has 2 aromatic carbocycles. The molecule has 0 spiro atoms. The van der Waals surface area contributed by atoms with Gasteiger partial charge in [-0.1, -0.05) is 11.6 Å². The van der Waals surface area contributed by atoms with E-state index in [9.17, 15) is 4.39 Å². The van der Waals surface area contributed by atoms with E-state index in [0.29, 0.717) is 27.6 Å². The molecule has 6 heteroatoms. The minimum atomic E-state index is -0.528. The third kappa shape index (κ3) is 2.85. The lowest BCUT2D eigenvalue weighted by Gasteiger charge is -2.21. The molecule has 0 aromatic heterocycles. The molecule has 1 unspecified atom stereocenters. The molecule has 0 saturated carbocycles. The predicted molar refractivity (Wildman–Crippen MR) is 78.0 cm³/mol. The highest BCUT2D eigenvalue weighted by Gasteiger charge is 2.20. The topological polar surface area (TPSA) is 73.3 Å². The fourth-order valence-electron chi connectivity index (χ4n) is 2.07. The van der Waals surface area contributed by atoms with E-state index >= 15 is 0 Å². The molecule has 0 fully saturated rings. The van der Waals surface area contributed by atoms with E-state index in [1.807, 2.05) is 0 Å². The average molecular weight is 296 g/mol. The van der Waals surface area contributed by atoms with Crippen molar-refractivity contribution >= 4 is 17.3 Å². The van der Waals surface area contributed by atoms with Crippen LogP contribution in [0.15, 0.2) is 36.4 Å². The molecule has 0 saturated heterocycles. The van der Waals surface area contributed by atoms with Gasteiger partial charge in [0.25, 0.3) is 0 Å². The van der Waals surface area contributed by atoms with Crippen molar-refractivity contribution < 1.29 is 9.13 Å². The number of hydrogen-bond acceptors (Lipinski definition) is 4. The van der Waals surface area contributed by atoms with Gasteiger partial charge in [-0.25, -0.2) is 9.82 Å². The summed E-state index contributed by atoms with van der Waals surface area (Å²) in [5, 5.41) is 0.524. The fraction of sp³-hybridized carbons (Fsp3) is 0.143. The zero-order valence-electron chi connectivity index (χ0n) is 10.9. The Kier molecular flexibility index (Phi) is 4.44. The molecule has 20 heavy (non-hydrogen) atoms. The Morgan fingerprint density at radius 1 is 1.20 bits per heavy atom. The summed E-state index contributed by atoms with van der Waals surface area (Å²) in [4.78, 5) is 0. The molecule has 0 radical (unpaired) electrons. The van der Waals surface area contributed by atoms with Crippen molar-refractivity contribution in [2.24, 2.45) is 5.84 Å². The summed E-state index contributed by atoms with van der Waals surface area (Å²) in [5.74, 6) is 5.79. The van der Waals surface area contributed by atoms with Crippen LogP contribution in [0.25, 0.3) is 0 Å². The van der Waals surface area contributed by atoms with Crippen LogP contribution in [0.3, 0.4) is 0 Å². The molecule has 1 atom stereocenters. The van der Waals surface area contributed by atoms with E-state index in [1.54, 1.807) is 18.2 Å². The van der Waals surface area contributed by atoms with Gasteiger partial charge in [0.15, 0.2) is 0 Å². The fourth-order valence-corrected chi connectivity index (χ4v) is 2.25. The SMILES string of the molecule is COc1ccc(Cl)cc1C(NN)c1cc(F)ccc1N. The molecule has 0 aliphatic heterocycles. The average Bonchev–Trinajstić information content (AvgIpc) is 2.44. The summed E-state index contributed by atoms with van der Waals surface area (Å²) in [5.41, 5.74) is 10.1. The van der Waals surface area contributed by atoms with Gasteiger partial charge in [-0.3, -0.25) is 5.84 Å². The maximum Gasteiger partial charge on any atom is 0.124 e. The first-order chi connectivity index (χ1) is 9.56. The zero-order chi connectivity index (χ0) is 14.7. The third-order valence-corrected chi connectivity index (χ3v) is 3.26. The van der Waals surface area contributed by atoms with Crippen molar-refractivity contribution in [3.05, 3.63) is 58.4 Å². The summed E-state index contributed by atoms with van der Waals surface area (Å²) in [6, 6.07) is 8.71. The minimum Gasteiger partial charge on any atom is -0.496 e. The molecular formula is C14H15ClFN3O. The van der Waals surface area contributed by atoms with Gasteiger partial charge in [0, 0.05) is 21.8 Å². The van der Waals surface area contributed by atoms with Crippen LogP contribution in [0.5, 0.6) is 5.75 Å². The van der Waals surface area contributed by atoms with Gasteiger partial charge < -0.3 is 10.5 Å². The van der Waals surface area contributed by atoms with E-state index in [1.165, 1.54) is 25.3 Å². The Morgan fingerprint density at radius 3 is 2.60 bits per heavy atom. The van der Waals surface area contributed by atoms with Crippen molar-refractivity contribution in [1.82, 2.24) is 5.43 Å². The Balaban J connectivity index is 2.57. The summed E-state index contributed by atoms with van der Waals surface area (Å²) in [7, 11) is 1.54. The molecular weight excluding hydrogens is 281 g/mol. The molecule has 2 aromatic rings. The molecule has 0 amide bonds. The van der Waals surface area contributed by atoms with Crippen LogP contribution >= 0.6 is 11.6 Å². The number of nitrogens with two attached hydrogens (primary N) is 2. The van der Waals surface area contributed by atoms with Crippen molar-refractivity contribution in [2.75, 3.05) is 12.8 Å². The van der Waals surface area contributed by atoms with Gasteiger partial charge in [0.1, 0.15) is 11.6 Å². The molecule has 4 nitrogen and oxygen atoms in total. The highest BCUT2D eigenvalue weighted by Crippen LogP contribution is 2.34. The summed E-state index contributed by atoms with van der Waals surface area (Å²) in [6.07, 6.45) is 0. The van der Waals surface area contributed by atoms with Crippen LogP contribution in [0.2, 0.25) is 5.02 Å². The lowest BCUT2D eigenvalue weighted by molar-refractivity contribution is 0.404. The normalized spacial score (nSPS) is 12.2. The molecule has 5 N–H and O–H groups in total. The van der Waals surface area contributed by atoms with Crippen molar-refractivity contribution in [2.45, 2.75) is 6.04 Å². The van der Waals surface area contributed by atoms with Crippen LogP contribution in [-0.2, 0) is 0 Å². The molecule has 0 bridgehead atoms. The van der Waals surface area contributed by atoms with Crippen LogP contribution in [0.1, 0.15) is 17.2 Å². The van der Waals surface area contributed by atoms with Gasteiger partial charge >= 0.3 is 0 Å². The number of benzene rings is 2. The number of hydrogen-bond donors (Lipinski definition) is 3. The second kappa shape index (κ2) is 6.09. The highest BCUT2D eigenvalue weighted by atomic mass is 35.5. The smallest absolute Gasteiger partial charge is 0.124 e. The van der Waals surface area contributed by atoms with Gasteiger partial charge in [-0.05, 0) is 36.4 Å². The first-order valence-electron chi connectivity index (χ1n) is 5.91. The van der Waals surface area contributed by atoms with Crippen molar-refractivity contribution in [1.29, 1.82) is 0 Å². The first-order valence-corrected chi connectivity index (χ1v) is 6.29. The molecule has 2 rings (SSSR count). The summed E-state index contributed by atoms with van der Waals surface area (Å²) < 4.78 is 18.7. The van der Waals surface area contributed by atoms with Crippen LogP contribution in [0, 0.1) is 5.82 Å². The van der Waals surface area contributed by atoms with E-state index < -0.39 is 11.9 Å². The Hall–Kier alpha value is -1.82. The predicted octanol–water partition coefficient (Wildman–Crippen LogP) is 2.62. The second-order valence-electron chi connectivity index (χ2n) is 4.26. The molecule has 106 valence electrons. The highest BCUT2D eigenvalue weighted by molar-refractivity contribution is 6.30. The number of ether oxygens (including phenoxy) is 1. The van der Waals surface area contributed by atoms with Crippen LogP contribution in [0.4, 0.5) is 10.1 Å². The maximum atomic E-state index is 13.4. The van der Waals surface area contributed by atoms with E-state index in [4.69, 9.17) is 27.9 Å². The standard InChI is InChI=1S/C14H15ClFN3O/c1-20-13-5-2-8(15)6-11(13)14(19-18)10-7-9(16)3-4-12(10)17/h2-7,14,19H,17-18H2,1H3. The molecule has 0 heterocycles. The Bertz CT molecular complexity index is 621. The molecule has 0 aliphatic rings. The monoisotopic (exact) mass is 295 g/mol. The quantitative estimate of drug-likeness (QED) is 0.460. The summed E-state index contributed by atoms with van der Waals surface area (Å²) >= 11 is 6.00. The maximum absolute atomic E-state index is 13.4. The van der Waals surface area contributed by atoms with Crippen molar-refractivity contribution in [3.63, 3.8) is 0 Å². The Morgan fingerprint density at radius 2 is 1.95 bits per heavy atom. The van der Waals surface area contributed by atoms with Crippen LogP contribution < -0.4 is 21.7 Å². The van der Waals surface area contributed by atoms with Crippen molar-refractivity contribution in [3.8, 4) is 5.75 Å².